The second-order valence-corrected chi connectivity index (χ2v) is 5.19. The molecule has 2 nitrogen and oxygen atoms in total. The summed E-state index contributed by atoms with van der Waals surface area (Å²) in [6, 6.07) is 5.47. The van der Waals surface area contributed by atoms with E-state index in [9.17, 15) is 4.79 Å². The summed E-state index contributed by atoms with van der Waals surface area (Å²) in [5.74, 6) is -0.0890. The van der Waals surface area contributed by atoms with Crippen LogP contribution in [0.5, 0.6) is 0 Å². The molecule has 0 bridgehead atoms. The monoisotopic (exact) mass is 317 g/mol. The average Bonchev–Trinajstić information content (AvgIpc) is 2.28. The normalized spacial score (nSPS) is 10.3. The highest BCUT2D eigenvalue weighted by Gasteiger charge is 2.09. The summed E-state index contributed by atoms with van der Waals surface area (Å²) >= 11 is 9.40. The third kappa shape index (κ3) is 5.09. The van der Waals surface area contributed by atoms with Crippen LogP contribution in [0.2, 0.25) is 5.02 Å². The van der Waals surface area contributed by atoms with E-state index in [4.69, 9.17) is 11.6 Å². The molecule has 0 saturated heterocycles. The summed E-state index contributed by atoms with van der Waals surface area (Å²) in [6.45, 7) is 2.66. The molecular weight excluding hydrogens is 302 g/mol. The molecule has 4 heteroatoms. The van der Waals surface area contributed by atoms with Crippen molar-refractivity contribution in [3.05, 3.63) is 34.3 Å². The van der Waals surface area contributed by atoms with Crippen molar-refractivity contribution in [1.82, 2.24) is 5.32 Å². The molecule has 0 aliphatic rings. The van der Waals surface area contributed by atoms with Gasteiger partial charge in [-0.15, -0.1) is 0 Å². The molecule has 1 aromatic carbocycles. The number of benzene rings is 1. The number of aryl methyl sites for hydroxylation is 1. The number of alkyl halides is 1. The maximum Gasteiger partial charge on any atom is 0.252 e. The maximum atomic E-state index is 11.8. The molecule has 0 aliphatic heterocycles. The van der Waals surface area contributed by atoms with Crippen molar-refractivity contribution in [2.45, 2.75) is 26.2 Å². The third-order valence-electron chi connectivity index (χ3n) is 2.47. The molecule has 0 aliphatic carbocycles. The van der Waals surface area contributed by atoms with E-state index in [1.54, 1.807) is 12.1 Å². The Morgan fingerprint density at radius 1 is 1.35 bits per heavy atom. The highest BCUT2D eigenvalue weighted by Crippen LogP contribution is 2.17. The lowest BCUT2D eigenvalue weighted by molar-refractivity contribution is 0.0953. The largest absolute Gasteiger partial charge is 0.352 e. The summed E-state index contributed by atoms with van der Waals surface area (Å²) in [7, 11) is 0. The Kier molecular flexibility index (Phi) is 6.60. The highest BCUT2D eigenvalue weighted by atomic mass is 79.9. The number of unbranched alkanes of at least 4 members (excludes halogenated alkanes) is 2. The molecule has 94 valence electrons. The number of hydrogen-bond acceptors (Lipinski definition) is 1. The molecule has 0 aromatic heterocycles. The molecular formula is C13H17BrClNO. The summed E-state index contributed by atoms with van der Waals surface area (Å²) in [6.07, 6.45) is 3.26. The van der Waals surface area contributed by atoms with Gasteiger partial charge >= 0.3 is 0 Å². The Hall–Kier alpha value is -0.540. The first-order chi connectivity index (χ1) is 8.15. The first kappa shape index (κ1) is 14.5. The van der Waals surface area contributed by atoms with E-state index in [0.29, 0.717) is 17.1 Å². The van der Waals surface area contributed by atoms with Crippen molar-refractivity contribution in [1.29, 1.82) is 0 Å². The highest BCUT2D eigenvalue weighted by molar-refractivity contribution is 9.09. The van der Waals surface area contributed by atoms with E-state index in [-0.39, 0.29) is 5.91 Å². The van der Waals surface area contributed by atoms with Crippen molar-refractivity contribution in [2.24, 2.45) is 0 Å². The number of hydrogen-bond donors (Lipinski definition) is 1. The van der Waals surface area contributed by atoms with E-state index in [2.05, 4.69) is 21.2 Å². The first-order valence-corrected chi connectivity index (χ1v) is 7.25. The average molecular weight is 319 g/mol. The molecule has 1 aromatic rings. The molecule has 0 radical (unpaired) electrons. The Labute approximate surface area is 116 Å². The fraction of sp³-hybridized carbons (Fsp3) is 0.462. The van der Waals surface area contributed by atoms with Gasteiger partial charge in [0.15, 0.2) is 0 Å². The van der Waals surface area contributed by atoms with Crippen LogP contribution in [0.3, 0.4) is 0 Å². The Morgan fingerprint density at radius 2 is 2.12 bits per heavy atom. The first-order valence-electron chi connectivity index (χ1n) is 5.75. The van der Waals surface area contributed by atoms with Crippen LogP contribution in [-0.2, 0) is 0 Å². The zero-order chi connectivity index (χ0) is 12.7. The quantitative estimate of drug-likeness (QED) is 0.624. The zero-order valence-electron chi connectivity index (χ0n) is 9.93. The molecule has 0 saturated carbocycles. The Balaban J connectivity index is 2.42. The molecule has 1 N–H and O–H groups in total. The molecule has 0 unspecified atom stereocenters. The van der Waals surface area contributed by atoms with Gasteiger partial charge in [-0.25, -0.2) is 0 Å². The van der Waals surface area contributed by atoms with E-state index in [1.165, 1.54) is 0 Å². The van der Waals surface area contributed by atoms with E-state index < -0.39 is 0 Å². The van der Waals surface area contributed by atoms with Crippen molar-refractivity contribution in [3.63, 3.8) is 0 Å². The summed E-state index contributed by atoms with van der Waals surface area (Å²) in [4.78, 5) is 11.8. The smallest absolute Gasteiger partial charge is 0.252 e. The Bertz CT molecular complexity index is 382. The minimum absolute atomic E-state index is 0.0890. The van der Waals surface area contributed by atoms with Crippen molar-refractivity contribution in [2.75, 3.05) is 11.9 Å². The van der Waals surface area contributed by atoms with Crippen LogP contribution in [0.15, 0.2) is 18.2 Å². The molecule has 0 fully saturated rings. The number of amides is 1. The minimum atomic E-state index is -0.0890. The number of halogens is 2. The van der Waals surface area contributed by atoms with Gasteiger partial charge in [0.25, 0.3) is 5.91 Å². The van der Waals surface area contributed by atoms with Crippen LogP contribution in [0.4, 0.5) is 0 Å². The summed E-state index contributed by atoms with van der Waals surface area (Å²) in [5.41, 5.74) is 1.61. The lowest BCUT2D eigenvalue weighted by Gasteiger charge is -2.07. The number of nitrogens with one attached hydrogen (secondary N) is 1. The van der Waals surface area contributed by atoms with E-state index >= 15 is 0 Å². The molecule has 0 atom stereocenters. The lowest BCUT2D eigenvalue weighted by atomic mass is 10.1. The second kappa shape index (κ2) is 7.72. The third-order valence-corrected chi connectivity index (χ3v) is 3.34. The van der Waals surface area contributed by atoms with Gasteiger partial charge in [0.05, 0.1) is 10.6 Å². The zero-order valence-corrected chi connectivity index (χ0v) is 12.3. The predicted octanol–water partition coefficient (Wildman–Crippen LogP) is 3.94. The summed E-state index contributed by atoms with van der Waals surface area (Å²) in [5, 5.41) is 4.41. The maximum absolute atomic E-state index is 11.8. The fourth-order valence-electron chi connectivity index (χ4n) is 1.50. The second-order valence-electron chi connectivity index (χ2n) is 3.99. The van der Waals surface area contributed by atoms with Crippen LogP contribution in [-0.4, -0.2) is 17.8 Å². The standard InChI is InChI=1S/C13H17BrClNO/c1-10-5-6-11(12(15)9-10)13(17)16-8-4-2-3-7-14/h5-6,9H,2-4,7-8H2,1H3,(H,16,17). The summed E-state index contributed by atoms with van der Waals surface area (Å²) < 4.78 is 0. The fourth-order valence-corrected chi connectivity index (χ4v) is 2.22. The van der Waals surface area contributed by atoms with Gasteiger partial charge in [0.1, 0.15) is 0 Å². The SMILES string of the molecule is Cc1ccc(C(=O)NCCCCCBr)c(Cl)c1. The van der Waals surface area contributed by atoms with E-state index in [1.807, 2.05) is 13.0 Å². The molecule has 17 heavy (non-hydrogen) atoms. The molecule has 0 heterocycles. The van der Waals surface area contributed by atoms with Crippen molar-refractivity contribution < 1.29 is 4.79 Å². The lowest BCUT2D eigenvalue weighted by Crippen LogP contribution is -2.24. The van der Waals surface area contributed by atoms with Crippen LogP contribution in [0, 0.1) is 6.92 Å². The molecule has 1 rings (SSSR count). The van der Waals surface area contributed by atoms with Gasteiger partial charge in [-0.05, 0) is 37.5 Å². The molecule has 0 spiro atoms. The topological polar surface area (TPSA) is 29.1 Å². The van der Waals surface area contributed by atoms with Gasteiger partial charge in [-0.1, -0.05) is 40.0 Å². The van der Waals surface area contributed by atoms with Gasteiger partial charge in [-0.2, -0.15) is 0 Å². The van der Waals surface area contributed by atoms with Crippen molar-refractivity contribution in [3.8, 4) is 0 Å². The van der Waals surface area contributed by atoms with Crippen LogP contribution in [0.25, 0.3) is 0 Å². The van der Waals surface area contributed by atoms with Gasteiger partial charge in [0, 0.05) is 11.9 Å². The number of rotatable bonds is 6. The van der Waals surface area contributed by atoms with Crippen LogP contribution < -0.4 is 5.32 Å². The van der Waals surface area contributed by atoms with Gasteiger partial charge < -0.3 is 5.32 Å². The van der Waals surface area contributed by atoms with Crippen LogP contribution in [0.1, 0.15) is 35.2 Å². The predicted molar refractivity (Wildman–Crippen MR) is 76.2 cm³/mol. The van der Waals surface area contributed by atoms with Gasteiger partial charge in [0.2, 0.25) is 0 Å². The minimum Gasteiger partial charge on any atom is -0.352 e. The number of carbonyl (C=O) groups excluding carboxylic acids is 1. The van der Waals surface area contributed by atoms with Gasteiger partial charge in [-0.3, -0.25) is 4.79 Å². The van der Waals surface area contributed by atoms with E-state index in [0.717, 1.165) is 30.2 Å². The van der Waals surface area contributed by atoms with Crippen LogP contribution >= 0.6 is 27.5 Å². The molecule has 1 amide bonds. The number of carbonyl (C=O) groups is 1. The Morgan fingerprint density at radius 3 is 2.76 bits per heavy atom. The van der Waals surface area contributed by atoms with Crippen molar-refractivity contribution >= 4 is 33.4 Å².